The molecular formula is C28H32FN5O4. The van der Waals surface area contributed by atoms with Gasteiger partial charge >= 0.3 is 6.03 Å². The Kier molecular flexibility index (Phi) is 8.99. The van der Waals surface area contributed by atoms with Crippen molar-refractivity contribution in [2.24, 2.45) is 0 Å². The van der Waals surface area contributed by atoms with Crippen LogP contribution in [-0.4, -0.2) is 65.5 Å². The van der Waals surface area contributed by atoms with E-state index < -0.39 is 11.8 Å². The Labute approximate surface area is 221 Å². The second kappa shape index (κ2) is 12.8. The molecule has 3 aromatic carbocycles. The van der Waals surface area contributed by atoms with Crippen LogP contribution in [0.4, 0.5) is 31.9 Å². The fourth-order valence-corrected chi connectivity index (χ4v) is 4.36. The summed E-state index contributed by atoms with van der Waals surface area (Å²) in [7, 11) is 3.23. The van der Waals surface area contributed by atoms with Crippen LogP contribution in [0.15, 0.2) is 66.7 Å². The summed E-state index contributed by atoms with van der Waals surface area (Å²) >= 11 is 0. The number of nitrogens with one attached hydrogen (secondary N) is 3. The summed E-state index contributed by atoms with van der Waals surface area (Å²) in [6.07, 6.45) is 0. The molecular weight excluding hydrogens is 489 g/mol. The van der Waals surface area contributed by atoms with Crippen LogP contribution in [0, 0.1) is 5.82 Å². The Bertz CT molecular complexity index is 1260. The molecule has 0 radical (unpaired) electrons. The van der Waals surface area contributed by atoms with E-state index in [0.717, 1.165) is 30.2 Å². The third-order valence-electron chi connectivity index (χ3n) is 6.26. The first-order valence-electron chi connectivity index (χ1n) is 12.4. The molecule has 3 amide bonds. The van der Waals surface area contributed by atoms with Gasteiger partial charge in [-0.05, 0) is 42.5 Å². The molecule has 200 valence electrons. The fourth-order valence-electron chi connectivity index (χ4n) is 4.36. The van der Waals surface area contributed by atoms with E-state index in [0.29, 0.717) is 37.5 Å². The van der Waals surface area contributed by atoms with Crippen LogP contribution in [-0.2, 0) is 4.74 Å². The number of para-hydroxylation sites is 3. The fraction of sp³-hybridized carbons (Fsp3) is 0.286. The number of rotatable bonds is 9. The summed E-state index contributed by atoms with van der Waals surface area (Å²) < 4.78 is 24.5. The lowest BCUT2D eigenvalue weighted by atomic mass is 10.1. The predicted molar refractivity (Wildman–Crippen MR) is 147 cm³/mol. The molecule has 9 nitrogen and oxygen atoms in total. The average molecular weight is 522 g/mol. The van der Waals surface area contributed by atoms with Crippen LogP contribution in [0.5, 0.6) is 5.75 Å². The highest BCUT2D eigenvalue weighted by Gasteiger charge is 2.24. The summed E-state index contributed by atoms with van der Waals surface area (Å²) in [4.78, 5) is 30.0. The van der Waals surface area contributed by atoms with Gasteiger partial charge in [0.05, 0.1) is 30.7 Å². The SMILES string of the molecule is COCCNC(=O)c1cc(NC(=O)Nc2ccccc2F)ccc1N1CCN(c2ccccc2OC)CC1. The highest BCUT2D eigenvalue weighted by Crippen LogP contribution is 2.31. The zero-order valence-electron chi connectivity index (χ0n) is 21.5. The molecule has 1 fully saturated rings. The summed E-state index contributed by atoms with van der Waals surface area (Å²) in [6, 6.07) is 18.4. The van der Waals surface area contributed by atoms with Crippen LogP contribution in [0.25, 0.3) is 0 Å². The molecule has 0 unspecified atom stereocenters. The number of benzene rings is 3. The van der Waals surface area contributed by atoms with Gasteiger partial charge in [-0.25, -0.2) is 9.18 Å². The number of carbonyl (C=O) groups excluding carboxylic acids is 2. The molecule has 0 saturated carbocycles. The molecule has 1 saturated heterocycles. The summed E-state index contributed by atoms with van der Waals surface area (Å²) in [5.41, 5.74) is 2.70. The van der Waals surface area contributed by atoms with Gasteiger partial charge in [-0.3, -0.25) is 4.79 Å². The van der Waals surface area contributed by atoms with Crippen molar-refractivity contribution in [3.8, 4) is 5.75 Å². The van der Waals surface area contributed by atoms with E-state index in [-0.39, 0.29) is 11.6 Å². The Hall–Kier alpha value is -4.31. The van der Waals surface area contributed by atoms with Gasteiger partial charge in [-0.1, -0.05) is 24.3 Å². The van der Waals surface area contributed by atoms with Crippen molar-refractivity contribution in [1.82, 2.24) is 5.32 Å². The molecule has 3 aromatic rings. The number of nitrogens with zero attached hydrogens (tertiary/aromatic N) is 2. The van der Waals surface area contributed by atoms with E-state index in [2.05, 4.69) is 25.8 Å². The largest absolute Gasteiger partial charge is 0.495 e. The quantitative estimate of drug-likeness (QED) is 0.366. The first kappa shape index (κ1) is 26.7. The number of hydrogen-bond acceptors (Lipinski definition) is 6. The van der Waals surface area contributed by atoms with Gasteiger partial charge < -0.3 is 35.2 Å². The van der Waals surface area contributed by atoms with E-state index in [9.17, 15) is 14.0 Å². The number of carbonyl (C=O) groups is 2. The molecule has 1 heterocycles. The Morgan fingerprint density at radius 2 is 1.55 bits per heavy atom. The number of methoxy groups -OCH3 is 2. The number of piperazine rings is 1. The van der Waals surface area contributed by atoms with E-state index in [1.54, 1.807) is 38.5 Å². The predicted octanol–water partition coefficient (Wildman–Crippen LogP) is 4.18. The van der Waals surface area contributed by atoms with E-state index in [4.69, 9.17) is 9.47 Å². The topological polar surface area (TPSA) is 95.2 Å². The van der Waals surface area contributed by atoms with Crippen molar-refractivity contribution in [3.63, 3.8) is 0 Å². The zero-order chi connectivity index (χ0) is 26.9. The number of amides is 3. The van der Waals surface area contributed by atoms with Crippen molar-refractivity contribution in [3.05, 3.63) is 78.1 Å². The second-order valence-corrected chi connectivity index (χ2v) is 8.69. The van der Waals surface area contributed by atoms with Crippen LogP contribution >= 0.6 is 0 Å². The van der Waals surface area contributed by atoms with Crippen molar-refractivity contribution in [1.29, 1.82) is 0 Å². The minimum absolute atomic E-state index is 0.0621. The molecule has 0 bridgehead atoms. The van der Waals surface area contributed by atoms with Gasteiger partial charge in [0.2, 0.25) is 0 Å². The van der Waals surface area contributed by atoms with Gasteiger partial charge in [0.1, 0.15) is 11.6 Å². The molecule has 1 aliphatic heterocycles. The molecule has 38 heavy (non-hydrogen) atoms. The van der Waals surface area contributed by atoms with Crippen molar-refractivity contribution < 1.29 is 23.5 Å². The lowest BCUT2D eigenvalue weighted by Gasteiger charge is -2.38. The number of ether oxygens (including phenoxy) is 2. The standard InChI is InChI=1S/C28H32FN5O4/c1-37-18-13-30-27(35)21-19-20(31-28(36)32-23-8-4-3-7-22(23)29)11-12-24(21)33-14-16-34(17-15-33)25-9-5-6-10-26(25)38-2/h3-12,19H,13-18H2,1-2H3,(H,30,35)(H2,31,32,36). The van der Waals surface area contributed by atoms with Crippen LogP contribution in [0.3, 0.4) is 0 Å². The van der Waals surface area contributed by atoms with Crippen molar-refractivity contribution >= 4 is 34.7 Å². The zero-order valence-corrected chi connectivity index (χ0v) is 21.5. The maximum absolute atomic E-state index is 13.9. The van der Waals surface area contributed by atoms with Gasteiger partial charge in [0.25, 0.3) is 5.91 Å². The molecule has 4 rings (SSSR count). The van der Waals surface area contributed by atoms with Gasteiger partial charge in [-0.2, -0.15) is 0 Å². The van der Waals surface area contributed by atoms with E-state index in [1.807, 2.05) is 30.3 Å². The maximum Gasteiger partial charge on any atom is 0.323 e. The number of urea groups is 1. The van der Waals surface area contributed by atoms with Crippen LogP contribution in [0.1, 0.15) is 10.4 Å². The van der Waals surface area contributed by atoms with Gasteiger partial charge in [0.15, 0.2) is 0 Å². The average Bonchev–Trinajstić information content (AvgIpc) is 2.94. The number of anilines is 4. The van der Waals surface area contributed by atoms with Crippen molar-refractivity contribution in [2.45, 2.75) is 0 Å². The molecule has 0 atom stereocenters. The third kappa shape index (κ3) is 6.51. The Morgan fingerprint density at radius 3 is 2.26 bits per heavy atom. The highest BCUT2D eigenvalue weighted by molar-refractivity contribution is 6.04. The third-order valence-corrected chi connectivity index (χ3v) is 6.26. The molecule has 0 aromatic heterocycles. The molecule has 0 spiro atoms. The minimum atomic E-state index is -0.612. The summed E-state index contributed by atoms with van der Waals surface area (Å²) in [5, 5.41) is 8.04. The summed E-state index contributed by atoms with van der Waals surface area (Å²) in [5.74, 6) is 0.00842. The van der Waals surface area contributed by atoms with Crippen molar-refractivity contribution in [2.75, 3.05) is 74.0 Å². The first-order valence-corrected chi connectivity index (χ1v) is 12.4. The molecule has 1 aliphatic rings. The normalized spacial score (nSPS) is 13.1. The molecule has 0 aliphatic carbocycles. The maximum atomic E-state index is 13.9. The van der Waals surface area contributed by atoms with Gasteiger partial charge in [-0.15, -0.1) is 0 Å². The highest BCUT2D eigenvalue weighted by atomic mass is 19.1. The minimum Gasteiger partial charge on any atom is -0.495 e. The van der Waals surface area contributed by atoms with Crippen LogP contribution in [0.2, 0.25) is 0 Å². The lowest BCUT2D eigenvalue weighted by molar-refractivity contribution is 0.0937. The Morgan fingerprint density at radius 1 is 0.868 bits per heavy atom. The van der Waals surface area contributed by atoms with E-state index >= 15 is 0 Å². The van der Waals surface area contributed by atoms with E-state index in [1.165, 1.54) is 12.1 Å². The lowest BCUT2D eigenvalue weighted by Crippen LogP contribution is -2.47. The smallest absolute Gasteiger partial charge is 0.323 e. The summed E-state index contributed by atoms with van der Waals surface area (Å²) in [6.45, 7) is 3.60. The monoisotopic (exact) mass is 521 g/mol. The van der Waals surface area contributed by atoms with Gasteiger partial charge in [0, 0.05) is 51.2 Å². The molecule has 3 N–H and O–H groups in total. The van der Waals surface area contributed by atoms with Crippen LogP contribution < -0.4 is 30.5 Å². The Balaban J connectivity index is 1.50. The first-order chi connectivity index (χ1) is 18.5. The number of halogens is 1. The molecule has 10 heteroatoms. The number of hydrogen-bond donors (Lipinski definition) is 3. The second-order valence-electron chi connectivity index (χ2n) is 8.69.